The summed E-state index contributed by atoms with van der Waals surface area (Å²) in [4.78, 5) is 26.5. The predicted molar refractivity (Wildman–Crippen MR) is 96.0 cm³/mol. The summed E-state index contributed by atoms with van der Waals surface area (Å²) in [7, 11) is 0. The second kappa shape index (κ2) is 6.59. The number of aromatic nitrogens is 2. The molecule has 1 aliphatic carbocycles. The molecule has 1 aliphatic heterocycles. The van der Waals surface area contributed by atoms with Gasteiger partial charge in [0.2, 0.25) is 0 Å². The average molecular weight is 363 g/mol. The zero-order valence-electron chi connectivity index (χ0n) is 16.4. The van der Waals surface area contributed by atoms with Crippen LogP contribution in [-0.2, 0) is 28.0 Å². The third-order valence-corrected chi connectivity index (χ3v) is 5.11. The summed E-state index contributed by atoms with van der Waals surface area (Å²) in [5.41, 5.74) is 1.69. The normalized spacial score (nSPS) is 18.3. The number of ether oxygens (including phenoxy) is 2. The standard InChI is InChI=1S/C19H29N3O4/c1-6-19(9-10-19)22-14-8-11-21(17(24)26-18(3,4)5)12-13(14)15(20-22)16(23)25-7-2/h6-12H2,1-5H3. The van der Waals surface area contributed by atoms with Crippen molar-refractivity contribution in [3.05, 3.63) is 17.0 Å². The predicted octanol–water partition coefficient (Wildman–Crippen LogP) is 3.25. The highest BCUT2D eigenvalue weighted by molar-refractivity contribution is 5.89. The van der Waals surface area contributed by atoms with Crippen LogP contribution in [-0.4, -0.2) is 45.5 Å². The Bertz CT molecular complexity index is 713. The summed E-state index contributed by atoms with van der Waals surface area (Å²) in [6.07, 6.45) is 3.45. The molecule has 0 N–H and O–H groups in total. The molecule has 0 bridgehead atoms. The molecule has 7 nitrogen and oxygen atoms in total. The van der Waals surface area contributed by atoms with Crippen molar-refractivity contribution in [1.29, 1.82) is 0 Å². The maximum Gasteiger partial charge on any atom is 0.410 e. The summed E-state index contributed by atoms with van der Waals surface area (Å²) in [6.45, 7) is 10.7. The largest absolute Gasteiger partial charge is 0.461 e. The van der Waals surface area contributed by atoms with Gasteiger partial charge in [0.05, 0.1) is 18.7 Å². The van der Waals surface area contributed by atoms with Crippen LogP contribution < -0.4 is 0 Å². The molecule has 144 valence electrons. The van der Waals surface area contributed by atoms with Gasteiger partial charge in [-0.25, -0.2) is 9.59 Å². The first-order valence-corrected chi connectivity index (χ1v) is 9.47. The number of fused-ring (bicyclic) bond motifs is 1. The van der Waals surface area contributed by atoms with Gasteiger partial charge in [-0.1, -0.05) is 6.92 Å². The van der Waals surface area contributed by atoms with Gasteiger partial charge >= 0.3 is 12.1 Å². The summed E-state index contributed by atoms with van der Waals surface area (Å²) >= 11 is 0. The summed E-state index contributed by atoms with van der Waals surface area (Å²) in [5.74, 6) is -0.416. The van der Waals surface area contributed by atoms with E-state index >= 15 is 0 Å². The van der Waals surface area contributed by atoms with Crippen molar-refractivity contribution in [2.45, 2.75) is 78.0 Å². The van der Waals surface area contributed by atoms with Crippen LogP contribution in [0.5, 0.6) is 0 Å². The summed E-state index contributed by atoms with van der Waals surface area (Å²) in [6, 6.07) is 0. The van der Waals surface area contributed by atoms with E-state index in [1.54, 1.807) is 11.8 Å². The molecule has 0 radical (unpaired) electrons. The fourth-order valence-corrected chi connectivity index (χ4v) is 3.52. The molecule has 1 amide bonds. The van der Waals surface area contributed by atoms with E-state index in [0.29, 0.717) is 31.8 Å². The number of esters is 1. The minimum atomic E-state index is -0.550. The van der Waals surface area contributed by atoms with E-state index in [0.717, 1.165) is 30.5 Å². The molecule has 7 heteroatoms. The van der Waals surface area contributed by atoms with Crippen molar-refractivity contribution in [2.24, 2.45) is 0 Å². The fraction of sp³-hybridized carbons (Fsp3) is 0.737. The smallest absolute Gasteiger partial charge is 0.410 e. The molecule has 1 saturated carbocycles. The molecular formula is C19H29N3O4. The Morgan fingerprint density at radius 2 is 1.92 bits per heavy atom. The van der Waals surface area contributed by atoms with Crippen molar-refractivity contribution in [1.82, 2.24) is 14.7 Å². The van der Waals surface area contributed by atoms with Crippen molar-refractivity contribution in [2.75, 3.05) is 13.2 Å². The van der Waals surface area contributed by atoms with E-state index in [1.165, 1.54) is 0 Å². The summed E-state index contributed by atoms with van der Waals surface area (Å²) < 4.78 is 12.7. The molecule has 1 aromatic rings. The Labute approximate surface area is 154 Å². The molecule has 3 rings (SSSR count). The van der Waals surface area contributed by atoms with Crippen molar-refractivity contribution in [3.8, 4) is 0 Å². The van der Waals surface area contributed by atoms with Gasteiger partial charge in [-0.3, -0.25) is 4.68 Å². The van der Waals surface area contributed by atoms with Gasteiger partial charge in [-0.15, -0.1) is 0 Å². The van der Waals surface area contributed by atoms with Gasteiger partial charge in [0, 0.05) is 24.2 Å². The summed E-state index contributed by atoms with van der Waals surface area (Å²) in [5, 5.41) is 4.65. The molecule has 2 heterocycles. The van der Waals surface area contributed by atoms with E-state index in [9.17, 15) is 9.59 Å². The van der Waals surface area contributed by atoms with E-state index in [2.05, 4.69) is 12.0 Å². The Hall–Kier alpha value is -2.05. The first-order chi connectivity index (χ1) is 12.2. The Kier molecular flexibility index (Phi) is 4.75. The molecule has 26 heavy (non-hydrogen) atoms. The lowest BCUT2D eigenvalue weighted by Crippen LogP contribution is -2.40. The molecule has 1 fully saturated rings. The number of nitrogens with zero attached hydrogens (tertiary/aromatic N) is 3. The maximum atomic E-state index is 12.5. The van der Waals surface area contributed by atoms with E-state index < -0.39 is 11.6 Å². The average Bonchev–Trinajstić information content (AvgIpc) is 3.27. The highest BCUT2D eigenvalue weighted by atomic mass is 16.6. The van der Waals surface area contributed by atoms with Crippen molar-refractivity contribution in [3.63, 3.8) is 0 Å². The zero-order valence-corrected chi connectivity index (χ0v) is 16.4. The fourth-order valence-electron chi connectivity index (χ4n) is 3.52. The zero-order chi connectivity index (χ0) is 19.1. The third-order valence-electron chi connectivity index (χ3n) is 5.11. The number of amides is 1. The van der Waals surface area contributed by atoms with Crippen molar-refractivity contribution >= 4 is 12.1 Å². The molecule has 0 spiro atoms. The molecule has 0 unspecified atom stereocenters. The highest BCUT2D eigenvalue weighted by Crippen LogP contribution is 2.48. The van der Waals surface area contributed by atoms with Crippen LogP contribution in [0.4, 0.5) is 4.79 Å². The molecular weight excluding hydrogens is 334 g/mol. The lowest BCUT2D eigenvalue weighted by molar-refractivity contribution is 0.0218. The van der Waals surface area contributed by atoms with E-state index in [4.69, 9.17) is 9.47 Å². The van der Waals surface area contributed by atoms with Crippen LogP contribution >= 0.6 is 0 Å². The van der Waals surface area contributed by atoms with Gasteiger partial charge < -0.3 is 14.4 Å². The van der Waals surface area contributed by atoms with Crippen LogP contribution in [0.15, 0.2) is 0 Å². The monoisotopic (exact) mass is 363 g/mol. The molecule has 1 aromatic heterocycles. The van der Waals surface area contributed by atoms with Crippen LogP contribution in [0.1, 0.15) is 75.6 Å². The number of rotatable bonds is 4. The molecule has 0 aromatic carbocycles. The first kappa shape index (κ1) is 18.7. The second-order valence-electron chi connectivity index (χ2n) is 8.14. The third kappa shape index (κ3) is 3.44. The second-order valence-corrected chi connectivity index (χ2v) is 8.14. The van der Waals surface area contributed by atoms with Crippen LogP contribution in [0.3, 0.4) is 0 Å². The minimum absolute atomic E-state index is 0.0307. The molecule has 2 aliphatic rings. The van der Waals surface area contributed by atoms with E-state index in [1.807, 2.05) is 25.5 Å². The highest BCUT2D eigenvalue weighted by Gasteiger charge is 2.47. The Balaban J connectivity index is 1.92. The van der Waals surface area contributed by atoms with Crippen LogP contribution in [0.25, 0.3) is 0 Å². The number of carbonyl (C=O) groups is 2. The van der Waals surface area contributed by atoms with Gasteiger partial charge in [0.1, 0.15) is 5.60 Å². The first-order valence-electron chi connectivity index (χ1n) is 9.47. The SMILES string of the molecule is CCOC(=O)c1nn(C2(CC)CC2)c2c1CN(C(=O)OC(C)(C)C)CC2. The van der Waals surface area contributed by atoms with Gasteiger partial charge in [-0.05, 0) is 47.0 Å². The Morgan fingerprint density at radius 3 is 2.46 bits per heavy atom. The molecule has 0 atom stereocenters. The van der Waals surface area contributed by atoms with Crippen molar-refractivity contribution < 1.29 is 19.1 Å². The number of hydrogen-bond acceptors (Lipinski definition) is 5. The molecule has 0 saturated heterocycles. The van der Waals surface area contributed by atoms with Crippen LogP contribution in [0.2, 0.25) is 0 Å². The van der Waals surface area contributed by atoms with Gasteiger partial charge in [-0.2, -0.15) is 5.10 Å². The van der Waals surface area contributed by atoms with Gasteiger partial charge in [0.15, 0.2) is 5.69 Å². The van der Waals surface area contributed by atoms with Crippen LogP contribution in [0, 0.1) is 0 Å². The quantitative estimate of drug-likeness (QED) is 0.768. The van der Waals surface area contributed by atoms with Gasteiger partial charge in [0.25, 0.3) is 0 Å². The number of hydrogen-bond donors (Lipinski definition) is 0. The Morgan fingerprint density at radius 1 is 1.23 bits per heavy atom. The number of carbonyl (C=O) groups excluding carboxylic acids is 2. The maximum absolute atomic E-state index is 12.5. The topological polar surface area (TPSA) is 73.7 Å². The lowest BCUT2D eigenvalue weighted by atomic mass is 10.0. The lowest BCUT2D eigenvalue weighted by Gasteiger charge is -2.31. The minimum Gasteiger partial charge on any atom is -0.461 e. The van der Waals surface area contributed by atoms with E-state index in [-0.39, 0.29) is 11.6 Å².